The van der Waals surface area contributed by atoms with Crippen LogP contribution in [0, 0.1) is 5.92 Å². The van der Waals surface area contributed by atoms with E-state index in [0.29, 0.717) is 26.1 Å². The first-order chi connectivity index (χ1) is 9.61. The second-order valence-electron chi connectivity index (χ2n) is 4.91. The van der Waals surface area contributed by atoms with Crippen LogP contribution >= 0.6 is 0 Å². The highest BCUT2D eigenvalue weighted by molar-refractivity contribution is 5.80. The molecule has 0 bridgehead atoms. The van der Waals surface area contributed by atoms with E-state index < -0.39 is 0 Å². The van der Waals surface area contributed by atoms with Gasteiger partial charge in [0.25, 0.3) is 0 Å². The smallest absolute Gasteiger partial charge is 0.224 e. The zero-order valence-electron chi connectivity index (χ0n) is 11.9. The summed E-state index contributed by atoms with van der Waals surface area (Å²) in [5.41, 5.74) is 6.43. The van der Waals surface area contributed by atoms with Crippen molar-refractivity contribution in [3.05, 3.63) is 35.9 Å². The SMILES string of the molecule is CC(CN)CNC(=O)CCNC(=O)Cc1ccccc1. The molecule has 1 aromatic carbocycles. The second-order valence-corrected chi connectivity index (χ2v) is 4.91. The van der Waals surface area contributed by atoms with Crippen molar-refractivity contribution in [2.24, 2.45) is 11.7 Å². The van der Waals surface area contributed by atoms with Crippen molar-refractivity contribution in [1.29, 1.82) is 0 Å². The van der Waals surface area contributed by atoms with Gasteiger partial charge in [0.1, 0.15) is 0 Å². The predicted octanol–water partition coefficient (Wildman–Crippen LogP) is 0.446. The van der Waals surface area contributed by atoms with Gasteiger partial charge in [-0.15, -0.1) is 0 Å². The molecule has 1 rings (SSSR count). The van der Waals surface area contributed by atoms with Gasteiger partial charge in [-0.2, -0.15) is 0 Å². The average molecular weight is 277 g/mol. The molecule has 5 nitrogen and oxygen atoms in total. The van der Waals surface area contributed by atoms with Crippen LogP contribution in [0.5, 0.6) is 0 Å². The van der Waals surface area contributed by atoms with E-state index in [4.69, 9.17) is 5.73 Å². The van der Waals surface area contributed by atoms with E-state index in [-0.39, 0.29) is 24.2 Å². The Morgan fingerprint density at radius 2 is 1.85 bits per heavy atom. The van der Waals surface area contributed by atoms with Crippen LogP contribution in [0.15, 0.2) is 30.3 Å². The quantitative estimate of drug-likeness (QED) is 0.645. The average Bonchev–Trinajstić information content (AvgIpc) is 2.45. The molecule has 0 saturated heterocycles. The standard InChI is InChI=1S/C15H23N3O2/c1-12(10-16)11-18-14(19)7-8-17-15(20)9-13-5-3-2-4-6-13/h2-6,12H,7-11,16H2,1H3,(H,17,20)(H,18,19). The molecular formula is C15H23N3O2. The van der Waals surface area contributed by atoms with Crippen molar-refractivity contribution >= 4 is 11.8 Å². The first kappa shape index (κ1) is 16.2. The fourth-order valence-electron chi connectivity index (χ4n) is 1.62. The van der Waals surface area contributed by atoms with E-state index in [1.807, 2.05) is 37.3 Å². The van der Waals surface area contributed by atoms with Crippen LogP contribution < -0.4 is 16.4 Å². The summed E-state index contributed by atoms with van der Waals surface area (Å²) in [6.07, 6.45) is 0.629. The topological polar surface area (TPSA) is 84.2 Å². The Kier molecular flexibility index (Phi) is 7.35. The van der Waals surface area contributed by atoms with Crippen molar-refractivity contribution in [3.8, 4) is 0 Å². The molecule has 0 fully saturated rings. The van der Waals surface area contributed by atoms with Crippen molar-refractivity contribution in [2.75, 3.05) is 19.6 Å². The van der Waals surface area contributed by atoms with Crippen molar-refractivity contribution in [2.45, 2.75) is 19.8 Å². The number of carbonyl (C=O) groups excluding carboxylic acids is 2. The molecule has 0 spiro atoms. The second kappa shape index (κ2) is 9.09. The lowest BCUT2D eigenvalue weighted by Gasteiger charge is -2.10. The fourth-order valence-corrected chi connectivity index (χ4v) is 1.62. The van der Waals surface area contributed by atoms with Gasteiger partial charge in [0.05, 0.1) is 6.42 Å². The normalized spacial score (nSPS) is 11.7. The molecule has 0 radical (unpaired) electrons. The molecular weight excluding hydrogens is 254 g/mol. The third kappa shape index (κ3) is 6.89. The van der Waals surface area contributed by atoms with Gasteiger partial charge in [-0.3, -0.25) is 9.59 Å². The van der Waals surface area contributed by atoms with E-state index in [2.05, 4.69) is 10.6 Å². The number of amides is 2. The molecule has 0 aromatic heterocycles. The Morgan fingerprint density at radius 1 is 1.15 bits per heavy atom. The highest BCUT2D eigenvalue weighted by Crippen LogP contribution is 1.99. The van der Waals surface area contributed by atoms with Crippen LogP contribution in [0.4, 0.5) is 0 Å². The molecule has 1 atom stereocenters. The lowest BCUT2D eigenvalue weighted by atomic mass is 10.1. The van der Waals surface area contributed by atoms with Crippen LogP contribution in [0.25, 0.3) is 0 Å². The molecule has 110 valence electrons. The molecule has 0 heterocycles. The van der Waals surface area contributed by atoms with Gasteiger partial charge in [0.2, 0.25) is 11.8 Å². The lowest BCUT2D eigenvalue weighted by Crippen LogP contribution is -2.34. The van der Waals surface area contributed by atoms with Gasteiger partial charge in [0, 0.05) is 19.5 Å². The van der Waals surface area contributed by atoms with Crippen LogP contribution in [-0.4, -0.2) is 31.4 Å². The van der Waals surface area contributed by atoms with Crippen LogP contribution in [0.1, 0.15) is 18.9 Å². The molecule has 1 unspecified atom stereocenters. The highest BCUT2D eigenvalue weighted by Gasteiger charge is 2.06. The minimum atomic E-state index is -0.0701. The third-order valence-corrected chi connectivity index (χ3v) is 2.93. The monoisotopic (exact) mass is 277 g/mol. The summed E-state index contributed by atoms with van der Waals surface area (Å²) < 4.78 is 0. The summed E-state index contributed by atoms with van der Waals surface area (Å²) in [5.74, 6) is 0.135. The summed E-state index contributed by atoms with van der Waals surface area (Å²) in [6.45, 7) is 3.46. The number of nitrogens with two attached hydrogens (primary N) is 1. The van der Waals surface area contributed by atoms with Gasteiger partial charge < -0.3 is 16.4 Å². The molecule has 0 aliphatic carbocycles. The maximum Gasteiger partial charge on any atom is 0.224 e. The molecule has 0 aliphatic rings. The largest absolute Gasteiger partial charge is 0.356 e. The minimum absolute atomic E-state index is 0.0645. The first-order valence-electron chi connectivity index (χ1n) is 6.89. The van der Waals surface area contributed by atoms with Crippen LogP contribution in [-0.2, 0) is 16.0 Å². The van der Waals surface area contributed by atoms with E-state index >= 15 is 0 Å². The molecule has 0 saturated carbocycles. The Bertz CT molecular complexity index is 420. The molecule has 1 aromatic rings. The molecule has 20 heavy (non-hydrogen) atoms. The summed E-state index contributed by atoms with van der Waals surface area (Å²) in [4.78, 5) is 23.1. The zero-order valence-corrected chi connectivity index (χ0v) is 11.9. The minimum Gasteiger partial charge on any atom is -0.356 e. The number of nitrogens with one attached hydrogen (secondary N) is 2. The molecule has 0 aliphatic heterocycles. The summed E-state index contributed by atoms with van der Waals surface area (Å²) in [6, 6.07) is 9.51. The maximum atomic E-state index is 11.6. The van der Waals surface area contributed by atoms with E-state index in [9.17, 15) is 9.59 Å². The predicted molar refractivity (Wildman–Crippen MR) is 79.0 cm³/mol. The summed E-state index contributed by atoms with van der Waals surface area (Å²) >= 11 is 0. The van der Waals surface area contributed by atoms with E-state index in [1.54, 1.807) is 0 Å². The van der Waals surface area contributed by atoms with Crippen molar-refractivity contribution in [3.63, 3.8) is 0 Å². The van der Waals surface area contributed by atoms with E-state index in [0.717, 1.165) is 5.56 Å². The molecule has 5 heteroatoms. The fraction of sp³-hybridized carbons (Fsp3) is 0.467. The number of hydrogen-bond acceptors (Lipinski definition) is 3. The number of hydrogen-bond donors (Lipinski definition) is 3. The Labute approximate surface area is 119 Å². The maximum absolute atomic E-state index is 11.6. The van der Waals surface area contributed by atoms with Gasteiger partial charge >= 0.3 is 0 Å². The Morgan fingerprint density at radius 3 is 2.50 bits per heavy atom. The summed E-state index contributed by atoms with van der Waals surface area (Å²) in [5, 5.41) is 5.53. The van der Waals surface area contributed by atoms with Gasteiger partial charge in [0.15, 0.2) is 0 Å². The number of benzene rings is 1. The van der Waals surface area contributed by atoms with Crippen molar-refractivity contribution in [1.82, 2.24) is 10.6 Å². The lowest BCUT2D eigenvalue weighted by molar-refractivity contribution is -0.122. The molecule has 4 N–H and O–H groups in total. The van der Waals surface area contributed by atoms with E-state index in [1.165, 1.54) is 0 Å². The van der Waals surface area contributed by atoms with Gasteiger partial charge in [-0.25, -0.2) is 0 Å². The number of carbonyl (C=O) groups is 2. The highest BCUT2D eigenvalue weighted by atomic mass is 16.2. The Hall–Kier alpha value is -1.88. The van der Waals surface area contributed by atoms with Crippen LogP contribution in [0.2, 0.25) is 0 Å². The van der Waals surface area contributed by atoms with Gasteiger partial charge in [-0.1, -0.05) is 37.3 Å². The third-order valence-electron chi connectivity index (χ3n) is 2.93. The van der Waals surface area contributed by atoms with Crippen molar-refractivity contribution < 1.29 is 9.59 Å². The Balaban J connectivity index is 2.14. The first-order valence-corrected chi connectivity index (χ1v) is 6.89. The molecule has 2 amide bonds. The summed E-state index contributed by atoms with van der Waals surface area (Å²) in [7, 11) is 0. The van der Waals surface area contributed by atoms with Crippen LogP contribution in [0.3, 0.4) is 0 Å². The number of rotatable bonds is 8. The zero-order chi connectivity index (χ0) is 14.8. The van der Waals surface area contributed by atoms with Gasteiger partial charge in [-0.05, 0) is 18.0 Å².